The number of hydrogen-bond acceptors (Lipinski definition) is 4. The predicted octanol–water partition coefficient (Wildman–Crippen LogP) is 3.00. The van der Waals surface area contributed by atoms with Crippen molar-refractivity contribution in [3.63, 3.8) is 0 Å². The van der Waals surface area contributed by atoms with E-state index in [9.17, 15) is 14.0 Å². The van der Waals surface area contributed by atoms with Crippen LogP contribution in [0, 0.1) is 5.82 Å². The summed E-state index contributed by atoms with van der Waals surface area (Å²) >= 11 is 1.34. The lowest BCUT2D eigenvalue weighted by atomic mass is 10.1. The zero-order valence-corrected chi connectivity index (χ0v) is 17.4. The molecule has 5 nitrogen and oxygen atoms in total. The van der Waals surface area contributed by atoms with Gasteiger partial charge in [-0.25, -0.2) is 4.39 Å². The molecule has 0 bridgehead atoms. The van der Waals surface area contributed by atoms with E-state index in [0.29, 0.717) is 32.7 Å². The first kappa shape index (κ1) is 19.9. The predicted molar refractivity (Wildman–Crippen MR) is 112 cm³/mol. The Morgan fingerprint density at radius 2 is 1.83 bits per heavy atom. The average Bonchev–Trinajstić information content (AvgIpc) is 2.72. The van der Waals surface area contributed by atoms with Crippen molar-refractivity contribution in [2.75, 3.05) is 38.1 Å². The van der Waals surface area contributed by atoms with Gasteiger partial charge in [0, 0.05) is 44.7 Å². The number of benzene rings is 2. The first-order valence-corrected chi connectivity index (χ1v) is 10.5. The third-order valence-corrected chi connectivity index (χ3v) is 6.94. The number of carbonyl (C=O) groups excluding carboxylic acids is 2. The summed E-state index contributed by atoms with van der Waals surface area (Å²) in [4.78, 5) is 32.9. The van der Waals surface area contributed by atoms with Gasteiger partial charge in [-0.3, -0.25) is 14.5 Å². The van der Waals surface area contributed by atoms with Crippen molar-refractivity contribution >= 4 is 29.3 Å². The van der Waals surface area contributed by atoms with Crippen molar-refractivity contribution in [2.24, 2.45) is 0 Å². The molecular formula is C22H24FN3O2S. The molecule has 0 spiro atoms. The summed E-state index contributed by atoms with van der Waals surface area (Å²) in [6.07, 6.45) is 0. The molecule has 1 fully saturated rings. The number of fused-ring (bicyclic) bond motifs is 1. The number of para-hydroxylation sites is 1. The minimum atomic E-state index is -1.16. The van der Waals surface area contributed by atoms with Gasteiger partial charge in [-0.05, 0) is 36.8 Å². The number of piperazine rings is 1. The summed E-state index contributed by atoms with van der Waals surface area (Å²) in [6, 6.07) is 14.3. The standard InChI is InChI=1S/C22H24FN3O2S/c1-22(20(27)24(2)18-8-3-4-9-19(18)29-22)21(28)26-12-10-25(11-13-26)15-16-6-5-7-17(23)14-16/h3-9,14H,10-13,15H2,1-2H3. The zero-order chi connectivity index (χ0) is 20.6. The first-order valence-electron chi connectivity index (χ1n) is 9.71. The number of halogens is 1. The van der Waals surface area contributed by atoms with Crippen LogP contribution in [0.5, 0.6) is 0 Å². The van der Waals surface area contributed by atoms with Gasteiger partial charge in [0.15, 0.2) is 4.75 Å². The summed E-state index contributed by atoms with van der Waals surface area (Å²) < 4.78 is 12.2. The maximum Gasteiger partial charge on any atom is 0.252 e. The van der Waals surface area contributed by atoms with Crippen molar-refractivity contribution in [3.05, 3.63) is 59.9 Å². The van der Waals surface area contributed by atoms with E-state index in [-0.39, 0.29) is 17.6 Å². The molecule has 1 atom stereocenters. The molecule has 29 heavy (non-hydrogen) atoms. The Labute approximate surface area is 174 Å². The van der Waals surface area contributed by atoms with Crippen LogP contribution in [0.2, 0.25) is 0 Å². The smallest absolute Gasteiger partial charge is 0.252 e. The molecule has 152 valence electrons. The van der Waals surface area contributed by atoms with Crippen molar-refractivity contribution in [1.29, 1.82) is 0 Å². The Bertz CT molecular complexity index is 945. The van der Waals surface area contributed by atoms with Crippen molar-refractivity contribution < 1.29 is 14.0 Å². The van der Waals surface area contributed by atoms with Crippen LogP contribution in [-0.2, 0) is 16.1 Å². The topological polar surface area (TPSA) is 43.9 Å². The third-order valence-electron chi connectivity index (χ3n) is 5.62. The van der Waals surface area contributed by atoms with E-state index in [4.69, 9.17) is 0 Å². The fraction of sp³-hybridized carbons (Fsp3) is 0.364. The Hall–Kier alpha value is -2.38. The van der Waals surface area contributed by atoms with Crippen LogP contribution in [0.3, 0.4) is 0 Å². The number of amides is 2. The molecule has 1 unspecified atom stereocenters. The average molecular weight is 414 g/mol. The van der Waals surface area contributed by atoms with Gasteiger partial charge in [-0.2, -0.15) is 0 Å². The molecule has 4 rings (SSSR count). The molecule has 2 amide bonds. The van der Waals surface area contributed by atoms with E-state index < -0.39 is 4.75 Å². The van der Waals surface area contributed by atoms with Crippen LogP contribution in [0.4, 0.5) is 10.1 Å². The molecule has 2 aromatic rings. The number of carbonyl (C=O) groups is 2. The summed E-state index contributed by atoms with van der Waals surface area (Å²) in [7, 11) is 1.73. The minimum absolute atomic E-state index is 0.140. The van der Waals surface area contributed by atoms with Crippen LogP contribution in [0.1, 0.15) is 12.5 Å². The molecule has 2 aliphatic rings. The molecule has 0 radical (unpaired) electrons. The van der Waals surface area contributed by atoms with Crippen LogP contribution in [-0.4, -0.2) is 59.6 Å². The SMILES string of the molecule is CN1C(=O)C(C)(C(=O)N2CCN(Cc3cccc(F)c3)CC2)Sc2ccccc21. The van der Waals surface area contributed by atoms with E-state index in [1.807, 2.05) is 30.3 Å². The Morgan fingerprint density at radius 1 is 1.10 bits per heavy atom. The van der Waals surface area contributed by atoms with E-state index in [1.54, 1.807) is 35.9 Å². The summed E-state index contributed by atoms with van der Waals surface area (Å²) in [5.74, 6) is -0.561. The van der Waals surface area contributed by atoms with Gasteiger partial charge in [0.2, 0.25) is 5.91 Å². The highest BCUT2D eigenvalue weighted by Gasteiger charge is 2.50. The highest BCUT2D eigenvalue weighted by molar-refractivity contribution is 8.02. The quantitative estimate of drug-likeness (QED) is 0.726. The van der Waals surface area contributed by atoms with E-state index in [2.05, 4.69) is 4.90 Å². The normalized spacial score (nSPS) is 22.5. The number of hydrogen-bond donors (Lipinski definition) is 0. The van der Waals surface area contributed by atoms with Gasteiger partial charge >= 0.3 is 0 Å². The molecule has 0 N–H and O–H groups in total. The van der Waals surface area contributed by atoms with Crippen LogP contribution in [0.25, 0.3) is 0 Å². The highest BCUT2D eigenvalue weighted by Crippen LogP contribution is 2.45. The maximum atomic E-state index is 13.4. The Balaban J connectivity index is 1.43. The van der Waals surface area contributed by atoms with Crippen molar-refractivity contribution in [1.82, 2.24) is 9.80 Å². The van der Waals surface area contributed by atoms with E-state index in [0.717, 1.165) is 16.1 Å². The van der Waals surface area contributed by atoms with Crippen LogP contribution in [0.15, 0.2) is 53.4 Å². The monoisotopic (exact) mass is 413 g/mol. The van der Waals surface area contributed by atoms with Gasteiger partial charge in [0.05, 0.1) is 5.69 Å². The van der Waals surface area contributed by atoms with Crippen molar-refractivity contribution in [2.45, 2.75) is 23.1 Å². The molecule has 2 aliphatic heterocycles. The van der Waals surface area contributed by atoms with Crippen LogP contribution < -0.4 is 4.90 Å². The van der Waals surface area contributed by atoms with Gasteiger partial charge in [0.25, 0.3) is 5.91 Å². The number of anilines is 1. The second-order valence-electron chi connectivity index (χ2n) is 7.67. The second kappa shape index (κ2) is 7.80. The number of nitrogens with zero attached hydrogens (tertiary/aromatic N) is 3. The van der Waals surface area contributed by atoms with E-state index >= 15 is 0 Å². The highest BCUT2D eigenvalue weighted by atomic mass is 32.2. The fourth-order valence-electron chi connectivity index (χ4n) is 3.95. The molecule has 7 heteroatoms. The Morgan fingerprint density at radius 3 is 2.55 bits per heavy atom. The largest absolute Gasteiger partial charge is 0.338 e. The molecule has 0 aromatic heterocycles. The molecule has 2 heterocycles. The van der Waals surface area contributed by atoms with Gasteiger partial charge in [0.1, 0.15) is 5.82 Å². The summed E-state index contributed by atoms with van der Waals surface area (Å²) in [5.41, 5.74) is 1.76. The maximum absolute atomic E-state index is 13.4. The van der Waals surface area contributed by atoms with Gasteiger partial charge in [-0.15, -0.1) is 0 Å². The Kier molecular flexibility index (Phi) is 5.36. The first-order chi connectivity index (χ1) is 13.9. The lowest BCUT2D eigenvalue weighted by Crippen LogP contribution is -2.59. The molecule has 2 aromatic carbocycles. The lowest BCUT2D eigenvalue weighted by Gasteiger charge is -2.42. The lowest BCUT2D eigenvalue weighted by molar-refractivity contribution is -0.139. The third kappa shape index (κ3) is 3.76. The number of thioether (sulfide) groups is 1. The zero-order valence-electron chi connectivity index (χ0n) is 16.6. The molecule has 0 saturated carbocycles. The van der Waals surface area contributed by atoms with Gasteiger partial charge < -0.3 is 9.80 Å². The summed E-state index contributed by atoms with van der Waals surface area (Å²) in [6.45, 7) is 4.90. The minimum Gasteiger partial charge on any atom is -0.338 e. The fourth-order valence-corrected chi connectivity index (χ4v) is 5.29. The molecule has 0 aliphatic carbocycles. The number of rotatable bonds is 3. The molecule has 1 saturated heterocycles. The van der Waals surface area contributed by atoms with Gasteiger partial charge in [-0.1, -0.05) is 36.0 Å². The van der Waals surface area contributed by atoms with E-state index in [1.165, 1.54) is 17.8 Å². The second-order valence-corrected chi connectivity index (χ2v) is 9.13. The summed E-state index contributed by atoms with van der Waals surface area (Å²) in [5, 5.41) is 0. The molecular weight excluding hydrogens is 389 g/mol. The van der Waals surface area contributed by atoms with Crippen LogP contribution >= 0.6 is 11.8 Å². The van der Waals surface area contributed by atoms with Crippen molar-refractivity contribution in [3.8, 4) is 0 Å².